The third-order valence-corrected chi connectivity index (χ3v) is 2.00. The number of methoxy groups -OCH3 is 1. The van der Waals surface area contributed by atoms with Gasteiger partial charge in [-0.1, -0.05) is 20.8 Å². The second-order valence-electron chi connectivity index (χ2n) is 4.47. The normalized spacial score (nSPS) is 14.8. The van der Waals surface area contributed by atoms with Crippen molar-refractivity contribution in [2.45, 2.75) is 46.1 Å². The van der Waals surface area contributed by atoms with Crippen LogP contribution in [0.3, 0.4) is 0 Å². The van der Waals surface area contributed by atoms with Crippen LogP contribution in [0.2, 0.25) is 0 Å². The Labute approximate surface area is 75.9 Å². The zero-order valence-corrected chi connectivity index (χ0v) is 8.76. The van der Waals surface area contributed by atoms with Crippen molar-refractivity contribution < 1.29 is 9.84 Å². The average molecular weight is 174 g/mol. The number of hydrogen-bond acceptors (Lipinski definition) is 2. The first kappa shape index (κ1) is 11.9. The number of ether oxygens (including phenoxy) is 1. The highest BCUT2D eigenvalue weighted by molar-refractivity contribution is 4.66. The maximum absolute atomic E-state index is 8.72. The second kappa shape index (κ2) is 5.55. The minimum atomic E-state index is 0.225. The lowest BCUT2D eigenvalue weighted by molar-refractivity contribution is 0.0621. The number of hydrogen-bond donors (Lipinski definition) is 1. The van der Waals surface area contributed by atoms with E-state index in [9.17, 15) is 0 Å². The number of aliphatic hydroxyl groups excluding tert-OH is 1. The minimum absolute atomic E-state index is 0.225. The monoisotopic (exact) mass is 174 g/mol. The highest BCUT2D eigenvalue weighted by Gasteiger charge is 2.14. The Morgan fingerprint density at radius 3 is 2.17 bits per heavy atom. The standard InChI is InChI=1S/C10H22O2/c1-10(2,3)7-5-9(12-4)6-8-11/h9,11H,5-8H2,1-4H3. The van der Waals surface area contributed by atoms with Crippen LogP contribution < -0.4 is 0 Å². The van der Waals surface area contributed by atoms with Gasteiger partial charge in [-0.15, -0.1) is 0 Å². The van der Waals surface area contributed by atoms with Crippen LogP contribution in [-0.2, 0) is 4.74 Å². The van der Waals surface area contributed by atoms with Gasteiger partial charge in [-0.05, 0) is 24.7 Å². The molecule has 0 aliphatic rings. The summed E-state index contributed by atoms with van der Waals surface area (Å²) < 4.78 is 5.23. The molecule has 1 atom stereocenters. The molecule has 1 N–H and O–H groups in total. The molecule has 0 saturated carbocycles. The Hall–Kier alpha value is -0.0800. The minimum Gasteiger partial charge on any atom is -0.396 e. The van der Waals surface area contributed by atoms with Crippen molar-refractivity contribution in [1.82, 2.24) is 0 Å². The predicted octanol–water partition coefficient (Wildman–Crippen LogP) is 2.21. The number of aliphatic hydroxyl groups is 1. The molecule has 0 spiro atoms. The molecule has 0 aliphatic carbocycles. The van der Waals surface area contributed by atoms with Crippen LogP contribution in [0.1, 0.15) is 40.0 Å². The first-order valence-electron chi connectivity index (χ1n) is 4.63. The summed E-state index contributed by atoms with van der Waals surface area (Å²) in [5.74, 6) is 0. The van der Waals surface area contributed by atoms with Gasteiger partial charge < -0.3 is 9.84 Å². The van der Waals surface area contributed by atoms with Crippen molar-refractivity contribution in [3.63, 3.8) is 0 Å². The number of rotatable bonds is 5. The molecule has 0 aliphatic heterocycles. The Kier molecular flexibility index (Phi) is 5.51. The van der Waals surface area contributed by atoms with Crippen LogP contribution in [0.5, 0.6) is 0 Å². The molecule has 0 aromatic heterocycles. The third kappa shape index (κ3) is 6.62. The highest BCUT2D eigenvalue weighted by atomic mass is 16.5. The quantitative estimate of drug-likeness (QED) is 0.692. The maximum atomic E-state index is 8.72. The molecular formula is C10H22O2. The molecule has 1 unspecified atom stereocenters. The molecule has 2 nitrogen and oxygen atoms in total. The van der Waals surface area contributed by atoms with E-state index in [-0.39, 0.29) is 12.7 Å². The van der Waals surface area contributed by atoms with Crippen LogP contribution >= 0.6 is 0 Å². The largest absolute Gasteiger partial charge is 0.396 e. The van der Waals surface area contributed by atoms with Gasteiger partial charge in [0.25, 0.3) is 0 Å². The SMILES string of the molecule is COC(CCO)CCC(C)(C)C. The lowest BCUT2D eigenvalue weighted by Crippen LogP contribution is -2.16. The maximum Gasteiger partial charge on any atom is 0.0593 e. The molecule has 0 fully saturated rings. The first-order chi connectivity index (χ1) is 5.49. The van der Waals surface area contributed by atoms with Gasteiger partial charge in [0.1, 0.15) is 0 Å². The molecule has 0 amide bonds. The van der Waals surface area contributed by atoms with Gasteiger partial charge in [-0.2, -0.15) is 0 Å². The van der Waals surface area contributed by atoms with Crippen LogP contribution in [0.4, 0.5) is 0 Å². The van der Waals surface area contributed by atoms with E-state index in [0.717, 1.165) is 19.3 Å². The van der Waals surface area contributed by atoms with Crippen molar-refractivity contribution in [2.24, 2.45) is 5.41 Å². The van der Waals surface area contributed by atoms with Crippen molar-refractivity contribution in [1.29, 1.82) is 0 Å². The predicted molar refractivity (Wildman–Crippen MR) is 51.2 cm³/mol. The Bertz CT molecular complexity index is 105. The summed E-state index contributed by atoms with van der Waals surface area (Å²) in [5, 5.41) is 8.72. The smallest absolute Gasteiger partial charge is 0.0593 e. The van der Waals surface area contributed by atoms with Gasteiger partial charge in [0.15, 0.2) is 0 Å². The Morgan fingerprint density at radius 2 is 1.83 bits per heavy atom. The van der Waals surface area contributed by atoms with Gasteiger partial charge in [-0.25, -0.2) is 0 Å². The summed E-state index contributed by atoms with van der Waals surface area (Å²) in [6, 6.07) is 0. The summed E-state index contributed by atoms with van der Waals surface area (Å²) in [6.45, 7) is 6.89. The Morgan fingerprint density at radius 1 is 1.25 bits per heavy atom. The van der Waals surface area contributed by atoms with E-state index in [1.165, 1.54) is 0 Å². The molecule has 74 valence electrons. The summed E-state index contributed by atoms with van der Waals surface area (Å²) in [6.07, 6.45) is 3.17. The molecule has 0 bridgehead atoms. The van der Waals surface area contributed by atoms with E-state index < -0.39 is 0 Å². The van der Waals surface area contributed by atoms with Gasteiger partial charge in [0.2, 0.25) is 0 Å². The van der Waals surface area contributed by atoms with Crippen LogP contribution in [0.15, 0.2) is 0 Å². The third-order valence-electron chi connectivity index (χ3n) is 2.00. The van der Waals surface area contributed by atoms with E-state index in [4.69, 9.17) is 9.84 Å². The zero-order chi connectivity index (χ0) is 9.61. The van der Waals surface area contributed by atoms with E-state index in [1.807, 2.05) is 0 Å². The molecular weight excluding hydrogens is 152 g/mol. The average Bonchev–Trinajstić information content (AvgIpc) is 1.96. The zero-order valence-electron chi connectivity index (χ0n) is 8.76. The van der Waals surface area contributed by atoms with Crippen molar-refractivity contribution in [3.8, 4) is 0 Å². The molecule has 0 aromatic rings. The summed E-state index contributed by atoms with van der Waals surface area (Å²) in [4.78, 5) is 0. The van der Waals surface area contributed by atoms with Crippen LogP contribution in [-0.4, -0.2) is 24.9 Å². The fourth-order valence-corrected chi connectivity index (χ4v) is 1.12. The van der Waals surface area contributed by atoms with Gasteiger partial charge in [-0.3, -0.25) is 0 Å². The molecule has 0 heterocycles. The molecule has 0 aromatic carbocycles. The molecule has 0 rings (SSSR count). The van der Waals surface area contributed by atoms with Gasteiger partial charge in [0, 0.05) is 13.7 Å². The molecule has 2 heteroatoms. The summed E-state index contributed by atoms with van der Waals surface area (Å²) >= 11 is 0. The van der Waals surface area contributed by atoms with Crippen molar-refractivity contribution in [2.75, 3.05) is 13.7 Å². The molecule has 12 heavy (non-hydrogen) atoms. The van der Waals surface area contributed by atoms with Gasteiger partial charge in [0.05, 0.1) is 6.10 Å². The van der Waals surface area contributed by atoms with E-state index in [1.54, 1.807) is 7.11 Å². The summed E-state index contributed by atoms with van der Waals surface area (Å²) in [7, 11) is 1.71. The van der Waals surface area contributed by atoms with Crippen molar-refractivity contribution >= 4 is 0 Å². The fraction of sp³-hybridized carbons (Fsp3) is 1.00. The van der Waals surface area contributed by atoms with E-state index >= 15 is 0 Å². The fourth-order valence-electron chi connectivity index (χ4n) is 1.12. The highest BCUT2D eigenvalue weighted by Crippen LogP contribution is 2.22. The van der Waals surface area contributed by atoms with Crippen LogP contribution in [0, 0.1) is 5.41 Å². The molecule has 0 radical (unpaired) electrons. The molecule has 0 saturated heterocycles. The lowest BCUT2D eigenvalue weighted by atomic mass is 9.89. The van der Waals surface area contributed by atoms with Crippen molar-refractivity contribution in [3.05, 3.63) is 0 Å². The van der Waals surface area contributed by atoms with E-state index in [0.29, 0.717) is 5.41 Å². The summed E-state index contributed by atoms with van der Waals surface area (Å²) in [5.41, 5.74) is 0.367. The van der Waals surface area contributed by atoms with E-state index in [2.05, 4.69) is 20.8 Å². The topological polar surface area (TPSA) is 29.5 Å². The van der Waals surface area contributed by atoms with Crippen LogP contribution in [0.25, 0.3) is 0 Å². The second-order valence-corrected chi connectivity index (χ2v) is 4.47. The van der Waals surface area contributed by atoms with Gasteiger partial charge >= 0.3 is 0 Å². The first-order valence-corrected chi connectivity index (χ1v) is 4.63. The Balaban J connectivity index is 3.58. The lowest BCUT2D eigenvalue weighted by Gasteiger charge is -2.21.